The fraction of sp³-hybridized carbons (Fsp3) is 0.0833. The molecule has 0 radical (unpaired) electrons. The molecule has 0 saturated carbocycles. The number of benzene rings is 1. The van der Waals surface area contributed by atoms with Crippen molar-refractivity contribution in [1.29, 1.82) is 5.26 Å². The highest BCUT2D eigenvalue weighted by Crippen LogP contribution is 2.17. The van der Waals surface area contributed by atoms with E-state index < -0.39 is 11.2 Å². The van der Waals surface area contributed by atoms with Crippen LogP contribution < -0.4 is 11.2 Å². The molecule has 0 aliphatic heterocycles. The number of nitrogens with zero attached hydrogens (tertiary/aromatic N) is 2. The van der Waals surface area contributed by atoms with E-state index in [1.807, 2.05) is 0 Å². The molecule has 6 heteroatoms. The number of aromatic nitrogens is 2. The van der Waals surface area contributed by atoms with Crippen LogP contribution in [0.2, 0.25) is 5.02 Å². The molecule has 0 bridgehead atoms. The van der Waals surface area contributed by atoms with Crippen molar-refractivity contribution in [2.75, 3.05) is 0 Å². The van der Waals surface area contributed by atoms with Crippen molar-refractivity contribution in [3.8, 4) is 11.8 Å². The Labute approximate surface area is 107 Å². The highest BCUT2D eigenvalue weighted by molar-refractivity contribution is 6.30. The summed E-state index contributed by atoms with van der Waals surface area (Å²) in [6.45, 7) is 1.80. The Morgan fingerprint density at radius 3 is 2.78 bits per heavy atom. The van der Waals surface area contributed by atoms with Crippen LogP contribution in [-0.2, 0) is 0 Å². The third-order valence-corrected chi connectivity index (χ3v) is 2.73. The van der Waals surface area contributed by atoms with E-state index in [0.717, 1.165) is 5.56 Å². The summed E-state index contributed by atoms with van der Waals surface area (Å²) in [5.74, 6) is 0. The molecule has 0 atom stereocenters. The number of rotatable bonds is 1. The van der Waals surface area contributed by atoms with Crippen LogP contribution >= 0.6 is 11.6 Å². The molecule has 0 fully saturated rings. The van der Waals surface area contributed by atoms with Crippen LogP contribution in [0, 0.1) is 18.3 Å². The molecule has 18 heavy (non-hydrogen) atoms. The molecule has 2 aromatic rings. The second kappa shape index (κ2) is 4.51. The van der Waals surface area contributed by atoms with Crippen molar-refractivity contribution in [2.24, 2.45) is 0 Å². The quantitative estimate of drug-likeness (QED) is 0.842. The first-order valence-electron chi connectivity index (χ1n) is 5.05. The standard InChI is InChI=1S/C12H8ClN3O2/c1-7-2-3-9(13)4-10(7)16-6-8(5-14)11(17)15-12(16)18/h2-4,6H,1H3,(H,15,17,18). The fourth-order valence-electron chi connectivity index (χ4n) is 1.57. The Morgan fingerprint density at radius 1 is 1.39 bits per heavy atom. The highest BCUT2D eigenvalue weighted by Gasteiger charge is 2.08. The van der Waals surface area contributed by atoms with Gasteiger partial charge in [-0.2, -0.15) is 5.26 Å². The summed E-state index contributed by atoms with van der Waals surface area (Å²) in [5, 5.41) is 9.26. The summed E-state index contributed by atoms with van der Waals surface area (Å²) < 4.78 is 1.20. The van der Waals surface area contributed by atoms with Crippen molar-refractivity contribution < 1.29 is 0 Å². The van der Waals surface area contributed by atoms with E-state index >= 15 is 0 Å². The molecule has 0 aliphatic rings. The van der Waals surface area contributed by atoms with Gasteiger partial charge in [0.2, 0.25) is 0 Å². The number of aryl methyl sites for hydroxylation is 1. The molecule has 2 rings (SSSR count). The Kier molecular flexibility index (Phi) is 3.04. The lowest BCUT2D eigenvalue weighted by Gasteiger charge is -2.08. The summed E-state index contributed by atoms with van der Waals surface area (Å²) in [6, 6.07) is 6.77. The minimum absolute atomic E-state index is 0.131. The molecular formula is C12H8ClN3O2. The van der Waals surface area contributed by atoms with Gasteiger partial charge in [0.05, 0.1) is 5.69 Å². The van der Waals surface area contributed by atoms with Gasteiger partial charge < -0.3 is 0 Å². The zero-order valence-electron chi connectivity index (χ0n) is 9.40. The van der Waals surface area contributed by atoms with Crippen molar-refractivity contribution in [2.45, 2.75) is 6.92 Å². The van der Waals surface area contributed by atoms with Gasteiger partial charge in [0.1, 0.15) is 11.6 Å². The number of nitriles is 1. The lowest BCUT2D eigenvalue weighted by Crippen LogP contribution is -2.30. The average molecular weight is 262 g/mol. The zero-order valence-corrected chi connectivity index (χ0v) is 10.2. The van der Waals surface area contributed by atoms with Crippen molar-refractivity contribution in [3.63, 3.8) is 0 Å². The van der Waals surface area contributed by atoms with Gasteiger partial charge in [0.15, 0.2) is 0 Å². The first-order chi connectivity index (χ1) is 8.52. The maximum absolute atomic E-state index is 11.7. The Bertz CT molecular complexity index is 768. The molecule has 0 saturated heterocycles. The van der Waals surface area contributed by atoms with E-state index in [9.17, 15) is 9.59 Å². The lowest BCUT2D eigenvalue weighted by molar-refractivity contribution is 0.883. The van der Waals surface area contributed by atoms with Gasteiger partial charge in [-0.15, -0.1) is 0 Å². The van der Waals surface area contributed by atoms with E-state index in [2.05, 4.69) is 4.98 Å². The minimum atomic E-state index is -0.696. The molecule has 5 nitrogen and oxygen atoms in total. The average Bonchev–Trinajstić information content (AvgIpc) is 2.33. The predicted molar refractivity (Wildman–Crippen MR) is 67.1 cm³/mol. The molecule has 0 amide bonds. The van der Waals surface area contributed by atoms with Gasteiger partial charge in [-0.05, 0) is 24.6 Å². The Morgan fingerprint density at radius 2 is 2.11 bits per heavy atom. The largest absolute Gasteiger partial charge is 0.332 e. The summed E-state index contributed by atoms with van der Waals surface area (Å²) in [6.07, 6.45) is 1.21. The van der Waals surface area contributed by atoms with E-state index in [0.29, 0.717) is 10.7 Å². The molecule has 1 N–H and O–H groups in total. The van der Waals surface area contributed by atoms with Gasteiger partial charge in [0, 0.05) is 11.2 Å². The first kappa shape index (κ1) is 12.1. The molecule has 90 valence electrons. The van der Waals surface area contributed by atoms with Crippen molar-refractivity contribution in [3.05, 3.63) is 61.4 Å². The SMILES string of the molecule is Cc1ccc(Cl)cc1-n1cc(C#N)c(=O)[nH]c1=O. The maximum Gasteiger partial charge on any atom is 0.332 e. The highest BCUT2D eigenvalue weighted by atomic mass is 35.5. The van der Waals surface area contributed by atoms with Crippen molar-refractivity contribution >= 4 is 11.6 Å². The summed E-state index contributed by atoms with van der Waals surface area (Å²) >= 11 is 5.87. The van der Waals surface area contributed by atoms with Crippen LogP contribution in [0.4, 0.5) is 0 Å². The van der Waals surface area contributed by atoms with Crippen LogP contribution in [0.1, 0.15) is 11.1 Å². The third kappa shape index (κ3) is 2.06. The van der Waals surface area contributed by atoms with Gasteiger partial charge in [-0.3, -0.25) is 14.3 Å². The molecule has 1 aromatic carbocycles. The van der Waals surface area contributed by atoms with E-state index in [1.54, 1.807) is 31.2 Å². The van der Waals surface area contributed by atoms with Crippen LogP contribution in [-0.4, -0.2) is 9.55 Å². The summed E-state index contributed by atoms with van der Waals surface area (Å²) in [4.78, 5) is 25.1. The number of nitrogens with one attached hydrogen (secondary N) is 1. The monoisotopic (exact) mass is 261 g/mol. The topological polar surface area (TPSA) is 78.7 Å². The molecular weight excluding hydrogens is 254 g/mol. The van der Waals surface area contributed by atoms with Gasteiger partial charge in [-0.1, -0.05) is 17.7 Å². The minimum Gasteiger partial charge on any atom is -0.273 e. The van der Waals surface area contributed by atoms with E-state index in [-0.39, 0.29) is 5.56 Å². The van der Waals surface area contributed by atoms with Crippen molar-refractivity contribution in [1.82, 2.24) is 9.55 Å². The molecule has 0 aliphatic carbocycles. The maximum atomic E-state index is 11.7. The second-order valence-electron chi connectivity index (χ2n) is 3.71. The van der Waals surface area contributed by atoms with Gasteiger partial charge in [-0.25, -0.2) is 4.79 Å². The summed E-state index contributed by atoms with van der Waals surface area (Å²) in [7, 11) is 0. The smallest absolute Gasteiger partial charge is 0.273 e. The van der Waals surface area contributed by atoms with Crippen LogP contribution in [0.3, 0.4) is 0 Å². The molecule has 0 unspecified atom stereocenters. The second-order valence-corrected chi connectivity index (χ2v) is 4.15. The normalized spacial score (nSPS) is 10.1. The van der Waals surface area contributed by atoms with Gasteiger partial charge >= 0.3 is 5.69 Å². The number of aromatic amines is 1. The van der Waals surface area contributed by atoms with E-state index in [4.69, 9.17) is 16.9 Å². The number of hydrogen-bond donors (Lipinski definition) is 1. The number of halogens is 1. The van der Waals surface area contributed by atoms with Crippen LogP contribution in [0.5, 0.6) is 0 Å². The van der Waals surface area contributed by atoms with E-state index in [1.165, 1.54) is 10.8 Å². The Hall–Kier alpha value is -2.32. The van der Waals surface area contributed by atoms with Crippen LogP contribution in [0.15, 0.2) is 34.0 Å². The molecule has 1 aromatic heterocycles. The first-order valence-corrected chi connectivity index (χ1v) is 5.43. The summed E-state index contributed by atoms with van der Waals surface area (Å²) in [5.41, 5.74) is -0.102. The number of hydrogen-bond acceptors (Lipinski definition) is 3. The van der Waals surface area contributed by atoms with Crippen LogP contribution in [0.25, 0.3) is 5.69 Å². The predicted octanol–water partition coefficient (Wildman–Crippen LogP) is 1.36. The fourth-order valence-corrected chi connectivity index (χ4v) is 1.74. The Balaban J connectivity index is 2.80. The molecule has 1 heterocycles. The van der Waals surface area contributed by atoms with Gasteiger partial charge in [0.25, 0.3) is 5.56 Å². The molecule has 0 spiro atoms. The third-order valence-electron chi connectivity index (χ3n) is 2.49. The number of H-pyrrole nitrogens is 1. The lowest BCUT2D eigenvalue weighted by atomic mass is 10.2. The zero-order chi connectivity index (χ0) is 13.3.